The molecule has 6 nitrogen and oxygen atoms in total. The molecule has 1 fully saturated rings. The SMILES string of the molecule is CN1CCCN(C(=O)Nc2ccc(OCC(F)(F)F)nc2)CC1. The zero-order valence-electron chi connectivity index (χ0n) is 12.8. The third kappa shape index (κ3) is 5.93. The van der Waals surface area contributed by atoms with Gasteiger partial charge in [-0.1, -0.05) is 0 Å². The molecule has 2 amide bonds. The number of carbonyl (C=O) groups excluding carboxylic acids is 1. The van der Waals surface area contributed by atoms with Crippen LogP contribution in [-0.4, -0.2) is 66.8 Å². The molecular weight excluding hydrogens is 313 g/mol. The lowest BCUT2D eigenvalue weighted by atomic mass is 10.4. The Bertz CT molecular complexity index is 522. The third-order valence-corrected chi connectivity index (χ3v) is 3.38. The van der Waals surface area contributed by atoms with E-state index in [1.807, 2.05) is 7.05 Å². The molecule has 1 saturated heterocycles. The number of aromatic nitrogens is 1. The molecule has 23 heavy (non-hydrogen) atoms. The van der Waals surface area contributed by atoms with Crippen LogP contribution in [0.4, 0.5) is 23.7 Å². The van der Waals surface area contributed by atoms with Gasteiger partial charge in [0.25, 0.3) is 0 Å². The second-order valence-corrected chi connectivity index (χ2v) is 5.36. The molecule has 0 bridgehead atoms. The summed E-state index contributed by atoms with van der Waals surface area (Å²) in [4.78, 5) is 19.8. The maximum Gasteiger partial charge on any atom is 0.422 e. The van der Waals surface area contributed by atoms with Gasteiger partial charge in [0.05, 0.1) is 11.9 Å². The van der Waals surface area contributed by atoms with Crippen molar-refractivity contribution in [3.8, 4) is 5.88 Å². The molecule has 0 radical (unpaired) electrons. The fourth-order valence-corrected chi connectivity index (χ4v) is 2.15. The monoisotopic (exact) mass is 332 g/mol. The number of pyridine rings is 1. The van der Waals surface area contributed by atoms with E-state index in [-0.39, 0.29) is 11.9 Å². The predicted molar refractivity (Wildman–Crippen MR) is 78.5 cm³/mol. The van der Waals surface area contributed by atoms with E-state index in [0.29, 0.717) is 18.8 Å². The molecule has 2 rings (SSSR count). The lowest BCUT2D eigenvalue weighted by molar-refractivity contribution is -0.154. The quantitative estimate of drug-likeness (QED) is 0.922. The average Bonchev–Trinajstić information content (AvgIpc) is 2.70. The van der Waals surface area contributed by atoms with Crippen LogP contribution in [0.25, 0.3) is 0 Å². The molecular formula is C14H19F3N4O2. The maximum atomic E-state index is 12.2. The molecule has 1 N–H and O–H groups in total. The largest absolute Gasteiger partial charge is 0.468 e. The fraction of sp³-hybridized carbons (Fsp3) is 0.571. The minimum atomic E-state index is -4.41. The molecule has 1 aromatic heterocycles. The Kier molecular flexibility index (Phi) is 5.64. The highest BCUT2D eigenvalue weighted by Crippen LogP contribution is 2.18. The number of rotatable bonds is 3. The number of alkyl halides is 3. The second-order valence-electron chi connectivity index (χ2n) is 5.36. The summed E-state index contributed by atoms with van der Waals surface area (Å²) in [7, 11) is 2.00. The van der Waals surface area contributed by atoms with Gasteiger partial charge in [0.2, 0.25) is 5.88 Å². The van der Waals surface area contributed by atoms with E-state index < -0.39 is 12.8 Å². The second kappa shape index (κ2) is 7.49. The van der Waals surface area contributed by atoms with Crippen molar-refractivity contribution >= 4 is 11.7 Å². The number of nitrogens with one attached hydrogen (secondary N) is 1. The van der Waals surface area contributed by atoms with Gasteiger partial charge in [-0.3, -0.25) is 0 Å². The van der Waals surface area contributed by atoms with Gasteiger partial charge in [-0.25, -0.2) is 9.78 Å². The third-order valence-electron chi connectivity index (χ3n) is 3.38. The summed E-state index contributed by atoms with van der Waals surface area (Å²) in [5.74, 6) is -0.142. The first-order chi connectivity index (χ1) is 10.8. The molecule has 0 unspecified atom stereocenters. The van der Waals surface area contributed by atoms with Crippen molar-refractivity contribution in [1.82, 2.24) is 14.8 Å². The standard InChI is InChI=1S/C14H19F3N4O2/c1-20-5-2-6-21(8-7-20)13(22)19-11-3-4-12(18-9-11)23-10-14(15,16)17/h3-4,9H,2,5-8,10H2,1H3,(H,19,22). The Hall–Kier alpha value is -2.03. The van der Waals surface area contributed by atoms with E-state index in [2.05, 4.69) is 19.9 Å². The van der Waals surface area contributed by atoms with Crippen molar-refractivity contribution in [3.63, 3.8) is 0 Å². The summed E-state index contributed by atoms with van der Waals surface area (Å²) in [6.45, 7) is 1.64. The molecule has 1 aliphatic rings. The average molecular weight is 332 g/mol. The molecule has 0 saturated carbocycles. The number of hydrogen-bond acceptors (Lipinski definition) is 4. The van der Waals surface area contributed by atoms with Crippen LogP contribution in [0.2, 0.25) is 0 Å². The lowest BCUT2D eigenvalue weighted by Crippen LogP contribution is -2.37. The minimum Gasteiger partial charge on any atom is -0.468 e. The van der Waals surface area contributed by atoms with Crippen LogP contribution < -0.4 is 10.1 Å². The van der Waals surface area contributed by atoms with Crippen LogP contribution in [-0.2, 0) is 0 Å². The highest BCUT2D eigenvalue weighted by molar-refractivity contribution is 5.89. The van der Waals surface area contributed by atoms with Crippen LogP contribution in [0.5, 0.6) is 5.88 Å². The topological polar surface area (TPSA) is 57.7 Å². The highest BCUT2D eigenvalue weighted by Gasteiger charge is 2.28. The number of anilines is 1. The van der Waals surface area contributed by atoms with Gasteiger partial charge in [-0.15, -0.1) is 0 Å². The Labute approximate surface area is 132 Å². The number of likely N-dealkylation sites (N-methyl/N-ethyl adjacent to an activating group) is 1. The summed E-state index contributed by atoms with van der Waals surface area (Å²) < 4.78 is 40.6. The Morgan fingerprint density at radius 2 is 2.09 bits per heavy atom. The first kappa shape index (κ1) is 17.3. The van der Waals surface area contributed by atoms with E-state index in [9.17, 15) is 18.0 Å². The summed E-state index contributed by atoms with van der Waals surface area (Å²) in [6, 6.07) is 2.50. The normalized spacial score (nSPS) is 16.8. The first-order valence-electron chi connectivity index (χ1n) is 7.23. The van der Waals surface area contributed by atoms with E-state index in [1.165, 1.54) is 18.3 Å². The van der Waals surface area contributed by atoms with Crippen LogP contribution in [0, 0.1) is 0 Å². The molecule has 0 atom stereocenters. The Balaban J connectivity index is 1.86. The van der Waals surface area contributed by atoms with Crippen molar-refractivity contribution in [2.24, 2.45) is 0 Å². The Morgan fingerprint density at radius 3 is 2.74 bits per heavy atom. The molecule has 0 aliphatic carbocycles. The van der Waals surface area contributed by atoms with Crippen LogP contribution in [0.3, 0.4) is 0 Å². The van der Waals surface area contributed by atoms with Gasteiger partial charge in [-0.05, 0) is 26.1 Å². The number of hydrogen-bond donors (Lipinski definition) is 1. The van der Waals surface area contributed by atoms with Crippen LogP contribution >= 0.6 is 0 Å². The summed E-state index contributed by atoms with van der Waals surface area (Å²) in [5.41, 5.74) is 0.409. The minimum absolute atomic E-state index is 0.142. The summed E-state index contributed by atoms with van der Waals surface area (Å²) >= 11 is 0. The number of carbonyl (C=O) groups is 1. The number of amides is 2. The first-order valence-corrected chi connectivity index (χ1v) is 7.23. The van der Waals surface area contributed by atoms with E-state index in [4.69, 9.17) is 0 Å². The summed E-state index contributed by atoms with van der Waals surface area (Å²) in [6.07, 6.45) is -2.24. The van der Waals surface area contributed by atoms with Gasteiger partial charge in [-0.2, -0.15) is 13.2 Å². The zero-order chi connectivity index (χ0) is 16.9. The zero-order valence-corrected chi connectivity index (χ0v) is 12.8. The number of halogens is 3. The van der Waals surface area contributed by atoms with Crippen LogP contribution in [0.15, 0.2) is 18.3 Å². The molecule has 1 aromatic rings. The molecule has 9 heteroatoms. The van der Waals surface area contributed by atoms with Gasteiger partial charge in [0.1, 0.15) is 0 Å². The molecule has 128 valence electrons. The van der Waals surface area contributed by atoms with Crippen molar-refractivity contribution in [2.45, 2.75) is 12.6 Å². The van der Waals surface area contributed by atoms with Gasteiger partial charge in [0, 0.05) is 25.7 Å². The summed E-state index contributed by atoms with van der Waals surface area (Å²) in [5, 5.41) is 2.68. The van der Waals surface area contributed by atoms with Crippen molar-refractivity contribution < 1.29 is 22.7 Å². The van der Waals surface area contributed by atoms with Gasteiger partial charge in [0.15, 0.2) is 6.61 Å². The molecule has 0 aromatic carbocycles. The van der Waals surface area contributed by atoms with Crippen LogP contribution in [0.1, 0.15) is 6.42 Å². The molecule has 1 aliphatic heterocycles. The van der Waals surface area contributed by atoms with E-state index in [0.717, 1.165) is 19.5 Å². The van der Waals surface area contributed by atoms with E-state index >= 15 is 0 Å². The fourth-order valence-electron chi connectivity index (χ4n) is 2.15. The number of nitrogens with zero attached hydrogens (tertiary/aromatic N) is 3. The lowest BCUT2D eigenvalue weighted by Gasteiger charge is -2.21. The number of ether oxygens (including phenoxy) is 1. The van der Waals surface area contributed by atoms with Crippen molar-refractivity contribution in [1.29, 1.82) is 0 Å². The van der Waals surface area contributed by atoms with Gasteiger partial charge < -0.3 is 19.9 Å². The van der Waals surface area contributed by atoms with Gasteiger partial charge >= 0.3 is 12.2 Å². The smallest absolute Gasteiger partial charge is 0.422 e. The highest BCUT2D eigenvalue weighted by atomic mass is 19.4. The van der Waals surface area contributed by atoms with Crippen molar-refractivity contribution in [2.75, 3.05) is 45.2 Å². The number of urea groups is 1. The molecule has 2 heterocycles. The maximum absolute atomic E-state index is 12.2. The molecule has 0 spiro atoms. The van der Waals surface area contributed by atoms with E-state index in [1.54, 1.807) is 4.90 Å². The Morgan fingerprint density at radius 1 is 1.30 bits per heavy atom. The van der Waals surface area contributed by atoms with Crippen molar-refractivity contribution in [3.05, 3.63) is 18.3 Å². The predicted octanol–water partition coefficient (Wildman–Crippen LogP) is 2.19.